The van der Waals surface area contributed by atoms with Gasteiger partial charge in [0.1, 0.15) is 4.34 Å². The Kier molecular flexibility index (Phi) is 4.71. The number of likely N-dealkylation sites (tertiary alicyclic amines) is 1. The van der Waals surface area contributed by atoms with Gasteiger partial charge < -0.3 is 10.1 Å². The number of piperidine rings is 1. The van der Waals surface area contributed by atoms with E-state index in [0.29, 0.717) is 33.7 Å². The average molecular weight is 321 g/mol. The van der Waals surface area contributed by atoms with E-state index in [0.717, 1.165) is 12.1 Å². The van der Waals surface area contributed by atoms with Crippen molar-refractivity contribution in [3.63, 3.8) is 0 Å². The van der Waals surface area contributed by atoms with Gasteiger partial charge in [0.2, 0.25) is 0 Å². The maximum absolute atomic E-state index is 12.4. The lowest BCUT2D eigenvalue weighted by atomic mass is 9.93. The van der Waals surface area contributed by atoms with Crippen LogP contribution in [0, 0.1) is 5.92 Å². The Hall–Kier alpha value is -0.780. The lowest BCUT2D eigenvalue weighted by Crippen LogP contribution is -2.44. The molecule has 1 atom stereocenters. The number of rotatable bonds is 2. The summed E-state index contributed by atoms with van der Waals surface area (Å²) >= 11 is 13.1. The van der Waals surface area contributed by atoms with Gasteiger partial charge in [0.05, 0.1) is 15.6 Å². The molecule has 1 aliphatic rings. The van der Waals surface area contributed by atoms with Gasteiger partial charge >= 0.3 is 0 Å². The number of hydrogen-bond acceptors (Lipinski definition) is 4. The largest absolute Gasteiger partial charge is 0.411 e. The molecule has 0 aliphatic carbocycles. The van der Waals surface area contributed by atoms with E-state index in [4.69, 9.17) is 28.4 Å². The van der Waals surface area contributed by atoms with Crippen LogP contribution in [0.15, 0.2) is 11.2 Å². The van der Waals surface area contributed by atoms with Gasteiger partial charge in [-0.2, -0.15) is 0 Å². The van der Waals surface area contributed by atoms with Gasteiger partial charge in [0.15, 0.2) is 0 Å². The molecule has 4 nitrogen and oxygen atoms in total. The number of thiophene rings is 1. The highest BCUT2D eigenvalue weighted by atomic mass is 35.5. The average Bonchev–Trinajstić information content (AvgIpc) is 2.76. The molecular weight excluding hydrogens is 307 g/mol. The molecule has 0 spiro atoms. The molecule has 1 aromatic rings. The maximum Gasteiger partial charge on any atom is 0.256 e. The molecule has 1 fully saturated rings. The van der Waals surface area contributed by atoms with E-state index < -0.39 is 0 Å². The van der Waals surface area contributed by atoms with Crippen LogP contribution in [0.5, 0.6) is 0 Å². The van der Waals surface area contributed by atoms with Crippen LogP contribution in [0.3, 0.4) is 0 Å². The topological polar surface area (TPSA) is 52.9 Å². The molecule has 1 aromatic heterocycles. The van der Waals surface area contributed by atoms with Crippen molar-refractivity contribution in [3.8, 4) is 0 Å². The van der Waals surface area contributed by atoms with Gasteiger partial charge in [-0.3, -0.25) is 4.79 Å². The van der Waals surface area contributed by atoms with E-state index in [9.17, 15) is 4.79 Å². The van der Waals surface area contributed by atoms with Crippen LogP contribution in [0.4, 0.5) is 0 Å². The molecule has 2 heterocycles. The zero-order chi connectivity index (χ0) is 14.0. The van der Waals surface area contributed by atoms with E-state index in [1.807, 2.05) is 6.92 Å². The predicted octanol–water partition coefficient (Wildman–Crippen LogP) is 3.76. The maximum atomic E-state index is 12.4. The van der Waals surface area contributed by atoms with Crippen LogP contribution >= 0.6 is 34.5 Å². The van der Waals surface area contributed by atoms with Crippen LogP contribution in [0.1, 0.15) is 30.1 Å². The van der Waals surface area contributed by atoms with Crippen LogP contribution in [0.2, 0.25) is 8.67 Å². The second-order valence-electron chi connectivity index (χ2n) is 4.44. The summed E-state index contributed by atoms with van der Waals surface area (Å²) in [5.74, 6) is -0.000766. The molecule has 0 saturated carbocycles. The summed E-state index contributed by atoms with van der Waals surface area (Å²) in [5, 5.41) is 12.3. The third-order valence-corrected chi connectivity index (χ3v) is 4.83. The Morgan fingerprint density at radius 3 is 2.89 bits per heavy atom. The van der Waals surface area contributed by atoms with E-state index in [2.05, 4.69) is 5.16 Å². The van der Waals surface area contributed by atoms with Crippen molar-refractivity contribution in [1.29, 1.82) is 0 Å². The van der Waals surface area contributed by atoms with Crippen molar-refractivity contribution >= 4 is 46.2 Å². The fraction of sp³-hybridized carbons (Fsp3) is 0.500. The summed E-state index contributed by atoms with van der Waals surface area (Å²) in [7, 11) is 0. The Morgan fingerprint density at radius 1 is 1.63 bits per heavy atom. The van der Waals surface area contributed by atoms with Crippen molar-refractivity contribution < 1.29 is 10.0 Å². The Bertz CT molecular complexity index is 516. The first-order valence-electron chi connectivity index (χ1n) is 6.01. The second-order valence-corrected chi connectivity index (χ2v) is 6.72. The SMILES string of the molecule is CCC1CN(C(=O)c2cc(Cl)sc2Cl)CC/C1=N\O. The third kappa shape index (κ3) is 3.04. The monoisotopic (exact) mass is 320 g/mol. The highest BCUT2D eigenvalue weighted by Crippen LogP contribution is 2.32. The number of carbonyl (C=O) groups is 1. The minimum atomic E-state index is -0.108. The number of halogens is 2. The molecule has 0 aromatic carbocycles. The summed E-state index contributed by atoms with van der Waals surface area (Å²) in [6, 6.07) is 1.60. The molecular formula is C12H14Cl2N2O2S. The zero-order valence-electron chi connectivity index (χ0n) is 10.4. The molecule has 104 valence electrons. The molecule has 1 unspecified atom stereocenters. The molecule has 1 saturated heterocycles. The van der Waals surface area contributed by atoms with E-state index in [-0.39, 0.29) is 11.8 Å². The lowest BCUT2D eigenvalue weighted by molar-refractivity contribution is 0.0729. The van der Waals surface area contributed by atoms with Crippen LogP contribution in [-0.2, 0) is 0 Å². The molecule has 0 radical (unpaired) electrons. The Balaban J connectivity index is 2.15. The fourth-order valence-electron chi connectivity index (χ4n) is 2.25. The first-order valence-corrected chi connectivity index (χ1v) is 7.59. The molecule has 7 heteroatoms. The first-order chi connectivity index (χ1) is 9.06. The van der Waals surface area contributed by atoms with E-state index in [1.165, 1.54) is 11.3 Å². The van der Waals surface area contributed by atoms with Gasteiger partial charge in [-0.25, -0.2) is 0 Å². The van der Waals surface area contributed by atoms with Crippen LogP contribution < -0.4 is 0 Å². The summed E-state index contributed by atoms with van der Waals surface area (Å²) in [6.45, 7) is 3.11. The minimum absolute atomic E-state index is 0.107. The molecule has 1 amide bonds. The van der Waals surface area contributed by atoms with Crippen molar-refractivity contribution in [2.45, 2.75) is 19.8 Å². The summed E-state index contributed by atoms with van der Waals surface area (Å²) in [6.07, 6.45) is 1.43. The second kappa shape index (κ2) is 6.11. The van der Waals surface area contributed by atoms with Gasteiger partial charge in [-0.15, -0.1) is 11.3 Å². The van der Waals surface area contributed by atoms with Crippen LogP contribution in [-0.4, -0.2) is 34.8 Å². The summed E-state index contributed by atoms with van der Waals surface area (Å²) in [4.78, 5) is 14.1. The molecule has 0 bridgehead atoms. The molecule has 2 rings (SSSR count). The smallest absolute Gasteiger partial charge is 0.256 e. The fourth-order valence-corrected chi connectivity index (χ4v) is 3.70. The number of hydrogen-bond donors (Lipinski definition) is 1. The van der Waals surface area contributed by atoms with Crippen molar-refractivity contribution in [2.24, 2.45) is 11.1 Å². The van der Waals surface area contributed by atoms with Crippen molar-refractivity contribution in [1.82, 2.24) is 4.90 Å². The molecule has 19 heavy (non-hydrogen) atoms. The van der Waals surface area contributed by atoms with E-state index in [1.54, 1.807) is 11.0 Å². The Labute approximate surface area is 125 Å². The zero-order valence-corrected chi connectivity index (χ0v) is 12.7. The standard InChI is InChI=1S/C12H14Cl2N2O2S/c1-2-7-6-16(4-3-9(7)15-18)12(17)8-5-10(13)19-11(8)14/h5,7,18H,2-4,6H2,1H3/b15-9+. The number of oxime groups is 1. The van der Waals surface area contributed by atoms with Crippen molar-refractivity contribution in [3.05, 3.63) is 20.3 Å². The number of nitrogens with zero attached hydrogens (tertiary/aromatic N) is 2. The summed E-state index contributed by atoms with van der Waals surface area (Å²) in [5.41, 5.74) is 1.22. The highest BCUT2D eigenvalue weighted by molar-refractivity contribution is 7.20. The number of carbonyl (C=O) groups excluding carboxylic acids is 1. The molecule has 1 N–H and O–H groups in total. The van der Waals surface area contributed by atoms with Gasteiger partial charge in [0.25, 0.3) is 5.91 Å². The van der Waals surface area contributed by atoms with Gasteiger partial charge in [-0.05, 0) is 12.5 Å². The number of amides is 1. The predicted molar refractivity (Wildman–Crippen MR) is 77.9 cm³/mol. The first kappa shape index (κ1) is 14.6. The quantitative estimate of drug-likeness (QED) is 0.666. The van der Waals surface area contributed by atoms with Gasteiger partial charge in [0, 0.05) is 25.4 Å². The van der Waals surface area contributed by atoms with Crippen LogP contribution in [0.25, 0.3) is 0 Å². The lowest BCUT2D eigenvalue weighted by Gasteiger charge is -2.32. The third-order valence-electron chi connectivity index (χ3n) is 3.35. The van der Waals surface area contributed by atoms with E-state index >= 15 is 0 Å². The van der Waals surface area contributed by atoms with Gasteiger partial charge in [-0.1, -0.05) is 35.3 Å². The summed E-state index contributed by atoms with van der Waals surface area (Å²) < 4.78 is 0.930. The highest BCUT2D eigenvalue weighted by Gasteiger charge is 2.29. The minimum Gasteiger partial charge on any atom is -0.411 e. The Morgan fingerprint density at radius 2 is 2.37 bits per heavy atom. The molecule has 1 aliphatic heterocycles. The normalized spacial score (nSPS) is 21.9. The van der Waals surface area contributed by atoms with Crippen molar-refractivity contribution in [2.75, 3.05) is 13.1 Å².